The van der Waals surface area contributed by atoms with Gasteiger partial charge in [-0.15, -0.1) is 0 Å². The molecule has 1 atom stereocenters. The van der Waals surface area contributed by atoms with E-state index in [4.69, 9.17) is 16.3 Å². The summed E-state index contributed by atoms with van der Waals surface area (Å²) in [6.45, 7) is 0.840. The number of anilines is 1. The average Bonchev–Trinajstić information content (AvgIpc) is 2.79. The SMILES string of the molecule is O=C(O)c1cnc(N2CCCC[C@H]2Cc2ccccc2)nc1COc1ccccc1Cl. The van der Waals surface area contributed by atoms with E-state index in [1.165, 1.54) is 11.8 Å². The maximum Gasteiger partial charge on any atom is 0.339 e. The molecule has 1 aliphatic heterocycles. The highest BCUT2D eigenvalue weighted by molar-refractivity contribution is 6.32. The van der Waals surface area contributed by atoms with E-state index in [9.17, 15) is 9.90 Å². The molecule has 7 heteroatoms. The molecule has 0 saturated carbocycles. The molecule has 1 N–H and O–H groups in total. The van der Waals surface area contributed by atoms with Gasteiger partial charge in [0.1, 0.15) is 17.9 Å². The molecule has 0 bridgehead atoms. The first-order valence-corrected chi connectivity index (χ1v) is 10.8. The predicted molar refractivity (Wildman–Crippen MR) is 120 cm³/mol. The lowest BCUT2D eigenvalue weighted by molar-refractivity contribution is 0.0692. The number of carbonyl (C=O) groups is 1. The van der Waals surface area contributed by atoms with Crippen LogP contribution in [0, 0.1) is 0 Å². The van der Waals surface area contributed by atoms with Gasteiger partial charge in [0.2, 0.25) is 5.95 Å². The van der Waals surface area contributed by atoms with E-state index in [0.717, 1.165) is 32.2 Å². The van der Waals surface area contributed by atoms with Crippen LogP contribution in [0.15, 0.2) is 60.8 Å². The molecule has 3 aromatic rings. The first kappa shape index (κ1) is 21.1. The van der Waals surface area contributed by atoms with Crippen LogP contribution in [0.2, 0.25) is 5.02 Å². The molecule has 160 valence electrons. The highest BCUT2D eigenvalue weighted by Crippen LogP contribution is 2.27. The quantitative estimate of drug-likeness (QED) is 0.560. The van der Waals surface area contributed by atoms with Gasteiger partial charge in [0.05, 0.1) is 10.7 Å². The van der Waals surface area contributed by atoms with Crippen molar-refractivity contribution in [1.82, 2.24) is 9.97 Å². The van der Waals surface area contributed by atoms with E-state index in [0.29, 0.717) is 22.4 Å². The first-order chi connectivity index (χ1) is 15.1. The Labute approximate surface area is 186 Å². The molecular weight excluding hydrogens is 414 g/mol. The topological polar surface area (TPSA) is 75.5 Å². The number of benzene rings is 2. The second kappa shape index (κ2) is 9.79. The number of rotatable bonds is 7. The van der Waals surface area contributed by atoms with Crippen molar-refractivity contribution in [1.29, 1.82) is 0 Å². The van der Waals surface area contributed by atoms with Crippen LogP contribution >= 0.6 is 11.6 Å². The fourth-order valence-electron chi connectivity index (χ4n) is 3.90. The Hall–Kier alpha value is -3.12. The minimum Gasteiger partial charge on any atom is -0.486 e. The zero-order valence-corrected chi connectivity index (χ0v) is 17.8. The fourth-order valence-corrected chi connectivity index (χ4v) is 4.09. The van der Waals surface area contributed by atoms with E-state index < -0.39 is 5.97 Å². The van der Waals surface area contributed by atoms with Crippen molar-refractivity contribution in [2.45, 2.75) is 38.3 Å². The summed E-state index contributed by atoms with van der Waals surface area (Å²) in [5.74, 6) is -0.0484. The molecule has 1 saturated heterocycles. The van der Waals surface area contributed by atoms with E-state index in [-0.39, 0.29) is 18.2 Å². The summed E-state index contributed by atoms with van der Waals surface area (Å²) in [5, 5.41) is 10.1. The Bertz CT molecular complexity index is 1050. The van der Waals surface area contributed by atoms with E-state index in [1.807, 2.05) is 30.3 Å². The second-order valence-electron chi connectivity index (χ2n) is 7.59. The number of nitrogens with zero attached hydrogens (tertiary/aromatic N) is 3. The molecule has 0 spiro atoms. The van der Waals surface area contributed by atoms with Gasteiger partial charge in [-0.25, -0.2) is 14.8 Å². The minimum absolute atomic E-state index is 0.00191. The maximum atomic E-state index is 11.7. The number of ether oxygens (including phenoxy) is 1. The Morgan fingerprint density at radius 2 is 1.90 bits per heavy atom. The molecule has 2 heterocycles. The molecule has 0 aliphatic carbocycles. The lowest BCUT2D eigenvalue weighted by Gasteiger charge is -2.36. The van der Waals surface area contributed by atoms with Crippen molar-refractivity contribution in [3.05, 3.63) is 82.6 Å². The third-order valence-electron chi connectivity index (χ3n) is 5.48. The summed E-state index contributed by atoms with van der Waals surface area (Å²) in [6.07, 6.45) is 5.54. The Kier molecular flexibility index (Phi) is 6.67. The predicted octanol–water partition coefficient (Wildman–Crippen LogP) is 5.01. The summed E-state index contributed by atoms with van der Waals surface area (Å²) in [7, 11) is 0. The third kappa shape index (κ3) is 5.14. The zero-order valence-electron chi connectivity index (χ0n) is 17.1. The van der Waals surface area contributed by atoms with Crippen LogP contribution in [-0.4, -0.2) is 33.6 Å². The number of carboxylic acid groups (broad SMARTS) is 1. The van der Waals surface area contributed by atoms with Crippen LogP contribution in [0.5, 0.6) is 5.75 Å². The average molecular weight is 438 g/mol. The van der Waals surface area contributed by atoms with E-state index in [1.54, 1.807) is 12.1 Å². The fraction of sp³-hybridized carbons (Fsp3) is 0.292. The van der Waals surface area contributed by atoms with Crippen LogP contribution in [0.25, 0.3) is 0 Å². The number of aromatic nitrogens is 2. The van der Waals surface area contributed by atoms with Gasteiger partial charge in [0, 0.05) is 18.8 Å². The summed E-state index contributed by atoms with van der Waals surface area (Å²) in [6, 6.07) is 17.7. The van der Waals surface area contributed by atoms with Gasteiger partial charge >= 0.3 is 5.97 Å². The molecule has 31 heavy (non-hydrogen) atoms. The smallest absolute Gasteiger partial charge is 0.339 e. The lowest BCUT2D eigenvalue weighted by Crippen LogP contribution is -2.42. The number of hydrogen-bond acceptors (Lipinski definition) is 5. The largest absolute Gasteiger partial charge is 0.486 e. The first-order valence-electron chi connectivity index (χ1n) is 10.4. The standard InChI is InChI=1S/C24H24ClN3O3/c25-20-11-4-5-12-22(20)31-16-21-19(23(29)30)15-26-24(27-21)28-13-7-6-10-18(28)14-17-8-2-1-3-9-17/h1-5,8-9,11-12,15,18H,6-7,10,13-14,16H2,(H,29,30)/t18-/m0/s1. The second-order valence-corrected chi connectivity index (χ2v) is 7.99. The normalized spacial score (nSPS) is 16.2. The molecule has 0 radical (unpaired) electrons. The molecule has 0 unspecified atom stereocenters. The highest BCUT2D eigenvalue weighted by atomic mass is 35.5. The molecule has 2 aromatic carbocycles. The molecule has 4 rings (SSSR count). The number of halogens is 1. The molecule has 1 aromatic heterocycles. The van der Waals surface area contributed by atoms with Gasteiger partial charge in [-0.2, -0.15) is 0 Å². The molecule has 0 amide bonds. The van der Waals surface area contributed by atoms with Gasteiger partial charge in [0.25, 0.3) is 0 Å². The number of carboxylic acids is 1. The Balaban J connectivity index is 1.59. The van der Waals surface area contributed by atoms with Crippen LogP contribution < -0.4 is 9.64 Å². The molecule has 6 nitrogen and oxygen atoms in total. The number of piperidine rings is 1. The molecule has 1 aliphatic rings. The van der Waals surface area contributed by atoms with Crippen molar-refractivity contribution in [3.63, 3.8) is 0 Å². The monoisotopic (exact) mass is 437 g/mol. The molecular formula is C24H24ClN3O3. The summed E-state index contributed by atoms with van der Waals surface area (Å²) in [5.41, 5.74) is 1.64. The van der Waals surface area contributed by atoms with Crippen LogP contribution in [0.4, 0.5) is 5.95 Å². The van der Waals surface area contributed by atoms with Crippen molar-refractivity contribution in [2.75, 3.05) is 11.4 Å². The zero-order chi connectivity index (χ0) is 21.6. The highest BCUT2D eigenvalue weighted by Gasteiger charge is 2.26. The minimum atomic E-state index is -1.08. The van der Waals surface area contributed by atoms with Gasteiger partial charge < -0.3 is 14.7 Å². The van der Waals surface area contributed by atoms with Gasteiger partial charge in [0.15, 0.2) is 0 Å². The maximum absolute atomic E-state index is 11.7. The molecule has 1 fully saturated rings. The Morgan fingerprint density at radius 3 is 2.68 bits per heavy atom. The van der Waals surface area contributed by atoms with E-state index in [2.05, 4.69) is 27.0 Å². The van der Waals surface area contributed by atoms with Crippen molar-refractivity contribution in [2.24, 2.45) is 0 Å². The van der Waals surface area contributed by atoms with Crippen LogP contribution in [-0.2, 0) is 13.0 Å². The lowest BCUT2D eigenvalue weighted by atomic mass is 9.96. The summed E-state index contributed by atoms with van der Waals surface area (Å²) < 4.78 is 5.77. The summed E-state index contributed by atoms with van der Waals surface area (Å²) >= 11 is 6.16. The number of aromatic carboxylic acids is 1. The van der Waals surface area contributed by atoms with Crippen molar-refractivity contribution < 1.29 is 14.6 Å². The van der Waals surface area contributed by atoms with Gasteiger partial charge in [-0.1, -0.05) is 54.1 Å². The number of para-hydroxylation sites is 1. The Morgan fingerprint density at radius 1 is 1.13 bits per heavy atom. The number of hydrogen-bond donors (Lipinski definition) is 1. The van der Waals surface area contributed by atoms with Crippen LogP contribution in [0.3, 0.4) is 0 Å². The van der Waals surface area contributed by atoms with E-state index >= 15 is 0 Å². The van der Waals surface area contributed by atoms with Crippen molar-refractivity contribution in [3.8, 4) is 5.75 Å². The van der Waals surface area contributed by atoms with Crippen LogP contribution in [0.1, 0.15) is 40.9 Å². The van der Waals surface area contributed by atoms with Gasteiger partial charge in [-0.3, -0.25) is 0 Å². The summed E-state index contributed by atoms with van der Waals surface area (Å²) in [4.78, 5) is 22.9. The van der Waals surface area contributed by atoms with Gasteiger partial charge in [-0.05, 0) is 43.4 Å². The third-order valence-corrected chi connectivity index (χ3v) is 5.80. The van der Waals surface area contributed by atoms with Crippen molar-refractivity contribution >= 4 is 23.5 Å².